The maximum atomic E-state index is 12.2. The lowest BCUT2D eigenvalue weighted by molar-refractivity contribution is -0.123. The zero-order chi connectivity index (χ0) is 20.8. The smallest absolute Gasteiger partial charge is 0.277 e. The molecule has 0 fully saturated rings. The van der Waals surface area contributed by atoms with Crippen LogP contribution in [0.5, 0.6) is 11.5 Å². The number of hydrazone groups is 1. The summed E-state index contributed by atoms with van der Waals surface area (Å²) in [5, 5.41) is 13.2. The van der Waals surface area contributed by atoms with Crippen LogP contribution in [0.15, 0.2) is 84.0 Å². The molecule has 148 valence electrons. The predicted octanol–water partition coefficient (Wildman–Crippen LogP) is 3.98. The van der Waals surface area contributed by atoms with Crippen molar-refractivity contribution in [1.29, 1.82) is 5.26 Å². The van der Waals surface area contributed by atoms with Crippen molar-refractivity contribution < 1.29 is 14.3 Å². The van der Waals surface area contributed by atoms with Crippen LogP contribution in [0.25, 0.3) is 0 Å². The quantitative estimate of drug-likeness (QED) is 0.660. The number of carbonyl (C=O) groups is 1. The third-order valence-electron chi connectivity index (χ3n) is 4.69. The van der Waals surface area contributed by atoms with Gasteiger partial charge in [0.2, 0.25) is 0 Å². The van der Waals surface area contributed by atoms with Crippen molar-refractivity contribution in [3.8, 4) is 17.6 Å². The monoisotopic (exact) mass is 397 g/mol. The molecule has 3 aromatic rings. The van der Waals surface area contributed by atoms with E-state index in [4.69, 9.17) is 14.7 Å². The van der Waals surface area contributed by atoms with Gasteiger partial charge in [-0.05, 0) is 42.0 Å². The Hall–Kier alpha value is -4.11. The highest BCUT2D eigenvalue weighted by molar-refractivity contribution is 6.04. The number of para-hydroxylation sites is 1. The molecule has 6 nitrogen and oxygen atoms in total. The van der Waals surface area contributed by atoms with Crippen LogP contribution in [0.4, 0.5) is 0 Å². The van der Waals surface area contributed by atoms with Crippen LogP contribution < -0.4 is 14.9 Å². The van der Waals surface area contributed by atoms with E-state index in [1.807, 2.05) is 60.7 Å². The molecule has 0 radical (unpaired) electrons. The Labute approximate surface area is 174 Å². The molecule has 0 bridgehead atoms. The molecule has 3 aromatic carbocycles. The lowest BCUT2D eigenvalue weighted by Gasteiger charge is -2.27. The fraction of sp³-hybridized carbons (Fsp3) is 0.125. The third kappa shape index (κ3) is 4.47. The van der Waals surface area contributed by atoms with Gasteiger partial charge in [-0.3, -0.25) is 4.79 Å². The molecule has 0 spiro atoms. The van der Waals surface area contributed by atoms with E-state index in [2.05, 4.69) is 10.5 Å². The number of hydrogen-bond acceptors (Lipinski definition) is 5. The highest BCUT2D eigenvalue weighted by atomic mass is 16.5. The molecule has 30 heavy (non-hydrogen) atoms. The number of hydrogen-bond donors (Lipinski definition) is 1. The van der Waals surface area contributed by atoms with E-state index in [9.17, 15) is 4.79 Å². The summed E-state index contributed by atoms with van der Waals surface area (Å²) in [4.78, 5) is 12.2. The summed E-state index contributed by atoms with van der Waals surface area (Å²) in [6.45, 7) is -0.178. The highest BCUT2D eigenvalue weighted by Gasteiger charge is 2.26. The second-order valence-electron chi connectivity index (χ2n) is 6.74. The number of fused-ring (bicyclic) bond motifs is 1. The summed E-state index contributed by atoms with van der Waals surface area (Å²) >= 11 is 0. The average molecular weight is 397 g/mol. The Morgan fingerprint density at radius 1 is 1.07 bits per heavy atom. The number of ether oxygens (including phenoxy) is 2. The van der Waals surface area contributed by atoms with Crippen molar-refractivity contribution in [2.45, 2.75) is 12.5 Å². The van der Waals surface area contributed by atoms with Gasteiger partial charge >= 0.3 is 0 Å². The minimum Gasteiger partial charge on any atom is -0.485 e. The number of carbonyl (C=O) groups excluding carboxylic acids is 1. The molecule has 1 amide bonds. The third-order valence-corrected chi connectivity index (χ3v) is 4.69. The number of benzene rings is 3. The number of nitrogens with one attached hydrogen (secondary N) is 1. The molecule has 4 rings (SSSR count). The molecule has 1 aliphatic rings. The maximum absolute atomic E-state index is 12.2. The van der Waals surface area contributed by atoms with E-state index in [1.165, 1.54) is 0 Å². The molecular weight excluding hydrogens is 378 g/mol. The van der Waals surface area contributed by atoms with E-state index < -0.39 is 0 Å². The first-order valence-corrected chi connectivity index (χ1v) is 9.52. The highest BCUT2D eigenvalue weighted by Crippen LogP contribution is 2.34. The van der Waals surface area contributed by atoms with Crippen LogP contribution in [0.3, 0.4) is 0 Å². The van der Waals surface area contributed by atoms with Crippen LogP contribution in [-0.4, -0.2) is 18.2 Å². The first-order chi connectivity index (χ1) is 14.7. The second-order valence-corrected chi connectivity index (χ2v) is 6.74. The first-order valence-electron chi connectivity index (χ1n) is 9.52. The van der Waals surface area contributed by atoms with Gasteiger partial charge in [0.1, 0.15) is 17.6 Å². The van der Waals surface area contributed by atoms with Gasteiger partial charge in [0.25, 0.3) is 5.91 Å². The summed E-state index contributed by atoms with van der Waals surface area (Å²) in [7, 11) is 0. The van der Waals surface area contributed by atoms with Gasteiger partial charge in [0, 0.05) is 12.0 Å². The average Bonchev–Trinajstić information content (AvgIpc) is 2.82. The minimum absolute atomic E-state index is 0.174. The van der Waals surface area contributed by atoms with Gasteiger partial charge < -0.3 is 9.47 Å². The van der Waals surface area contributed by atoms with E-state index >= 15 is 0 Å². The van der Waals surface area contributed by atoms with E-state index in [1.54, 1.807) is 24.3 Å². The van der Waals surface area contributed by atoms with Gasteiger partial charge in [-0.25, -0.2) is 5.43 Å². The van der Waals surface area contributed by atoms with Gasteiger partial charge in [-0.15, -0.1) is 0 Å². The first kappa shape index (κ1) is 19.2. The minimum atomic E-state index is -0.368. The van der Waals surface area contributed by atoms with Crippen LogP contribution >= 0.6 is 0 Å². The lowest BCUT2D eigenvalue weighted by atomic mass is 9.96. The molecule has 1 aliphatic heterocycles. The molecule has 0 aromatic heterocycles. The summed E-state index contributed by atoms with van der Waals surface area (Å²) in [5.74, 6) is 0.879. The second kappa shape index (κ2) is 8.93. The summed E-state index contributed by atoms with van der Waals surface area (Å²) < 4.78 is 11.6. The fourth-order valence-corrected chi connectivity index (χ4v) is 3.18. The molecule has 0 unspecified atom stereocenters. The van der Waals surface area contributed by atoms with Crippen molar-refractivity contribution in [3.63, 3.8) is 0 Å². The zero-order valence-corrected chi connectivity index (χ0v) is 16.1. The SMILES string of the molecule is N#Cc1ccc(OCC(=O)NN=C2C[C@@H](c3ccccc3)Oc3ccccc32)cc1. The molecular formula is C24H19N3O3. The zero-order valence-electron chi connectivity index (χ0n) is 16.1. The summed E-state index contributed by atoms with van der Waals surface area (Å²) in [6.07, 6.45) is 0.365. The van der Waals surface area contributed by atoms with Crippen LogP contribution in [0, 0.1) is 11.3 Å². The normalized spacial score (nSPS) is 16.1. The molecule has 6 heteroatoms. The summed E-state index contributed by atoms with van der Waals surface area (Å²) in [6, 6.07) is 26.2. The van der Waals surface area contributed by atoms with Crippen LogP contribution in [0.1, 0.15) is 29.2 Å². The van der Waals surface area contributed by atoms with E-state index in [-0.39, 0.29) is 18.6 Å². The van der Waals surface area contributed by atoms with E-state index in [0.717, 1.165) is 22.6 Å². The maximum Gasteiger partial charge on any atom is 0.277 e. The number of nitriles is 1. The number of rotatable bonds is 5. The van der Waals surface area contributed by atoms with Gasteiger partial charge in [-0.1, -0.05) is 42.5 Å². The van der Waals surface area contributed by atoms with Crippen molar-refractivity contribution in [1.82, 2.24) is 5.43 Å². The fourth-order valence-electron chi connectivity index (χ4n) is 3.18. The van der Waals surface area contributed by atoms with Crippen molar-refractivity contribution in [2.75, 3.05) is 6.61 Å². The standard InChI is InChI=1S/C24H19N3O3/c25-15-17-10-12-19(13-11-17)29-16-24(28)27-26-21-14-23(18-6-2-1-3-7-18)30-22-9-5-4-8-20(21)22/h1-13,23H,14,16H2,(H,27,28)/t23-/m0/s1. The Balaban J connectivity index is 1.44. The topological polar surface area (TPSA) is 83.7 Å². The van der Waals surface area contributed by atoms with Gasteiger partial charge in [-0.2, -0.15) is 10.4 Å². The molecule has 0 saturated carbocycles. The Morgan fingerprint density at radius 3 is 2.57 bits per heavy atom. The van der Waals surface area contributed by atoms with Crippen LogP contribution in [0.2, 0.25) is 0 Å². The Morgan fingerprint density at radius 2 is 1.80 bits per heavy atom. The van der Waals surface area contributed by atoms with Crippen molar-refractivity contribution in [2.24, 2.45) is 5.10 Å². The lowest BCUT2D eigenvalue weighted by Crippen LogP contribution is -2.28. The molecule has 0 aliphatic carbocycles. The predicted molar refractivity (Wildman–Crippen MR) is 112 cm³/mol. The molecule has 0 saturated heterocycles. The molecule has 1 atom stereocenters. The molecule has 1 N–H and O–H groups in total. The largest absolute Gasteiger partial charge is 0.485 e. The van der Waals surface area contributed by atoms with Gasteiger partial charge in [0.05, 0.1) is 17.3 Å². The Kier molecular flexibility index (Phi) is 5.72. The van der Waals surface area contributed by atoms with Crippen molar-refractivity contribution >= 4 is 11.6 Å². The summed E-state index contributed by atoms with van der Waals surface area (Å²) in [5.41, 5.74) is 5.76. The van der Waals surface area contributed by atoms with E-state index in [0.29, 0.717) is 17.7 Å². The van der Waals surface area contributed by atoms with Gasteiger partial charge in [0.15, 0.2) is 6.61 Å². The number of amides is 1. The van der Waals surface area contributed by atoms with Crippen molar-refractivity contribution in [3.05, 3.63) is 95.6 Å². The molecule has 1 heterocycles. The Bertz CT molecular complexity index is 1100. The van der Waals surface area contributed by atoms with Crippen LogP contribution in [-0.2, 0) is 4.79 Å². The number of nitrogens with zero attached hydrogens (tertiary/aromatic N) is 2.